The lowest BCUT2D eigenvalue weighted by molar-refractivity contribution is 0.0953. The summed E-state index contributed by atoms with van der Waals surface area (Å²) in [6.45, 7) is 2.11. The molecule has 0 saturated carbocycles. The molecule has 0 fully saturated rings. The Balaban J connectivity index is 1.86. The van der Waals surface area contributed by atoms with Crippen LogP contribution in [0.1, 0.15) is 27.0 Å². The fourth-order valence-corrected chi connectivity index (χ4v) is 2.87. The smallest absolute Gasteiger partial charge is 0.265 e. The first-order chi connectivity index (χ1) is 9.69. The van der Waals surface area contributed by atoms with Gasteiger partial charge in [-0.3, -0.25) is 10.2 Å². The summed E-state index contributed by atoms with van der Waals surface area (Å²) >= 11 is 1.86. The Labute approximate surface area is 123 Å². The summed E-state index contributed by atoms with van der Waals surface area (Å²) in [4.78, 5) is 11.3. The average Bonchev–Trinajstić information content (AvgIpc) is 2.47. The quantitative estimate of drug-likeness (QED) is 0.504. The number of nitrogens with one attached hydrogen (secondary N) is 1. The van der Waals surface area contributed by atoms with Crippen LogP contribution in [-0.4, -0.2) is 5.91 Å². The molecule has 0 spiro atoms. The first-order valence-electron chi connectivity index (χ1n) is 6.42. The van der Waals surface area contributed by atoms with E-state index in [1.165, 1.54) is 16.7 Å². The van der Waals surface area contributed by atoms with Crippen LogP contribution < -0.4 is 11.3 Å². The number of rotatable bonds is 5. The van der Waals surface area contributed by atoms with Crippen molar-refractivity contribution in [3.63, 3.8) is 0 Å². The molecule has 0 aliphatic heterocycles. The van der Waals surface area contributed by atoms with Gasteiger partial charge in [-0.2, -0.15) is 11.8 Å². The molecule has 2 aromatic carbocycles. The van der Waals surface area contributed by atoms with Crippen molar-refractivity contribution in [3.8, 4) is 0 Å². The minimum absolute atomic E-state index is 0.260. The molecule has 0 aliphatic carbocycles. The maximum Gasteiger partial charge on any atom is 0.265 e. The van der Waals surface area contributed by atoms with Crippen LogP contribution in [0.2, 0.25) is 0 Å². The topological polar surface area (TPSA) is 55.1 Å². The van der Waals surface area contributed by atoms with Crippen molar-refractivity contribution in [3.05, 3.63) is 70.8 Å². The van der Waals surface area contributed by atoms with Gasteiger partial charge in [0.1, 0.15) is 0 Å². The maximum atomic E-state index is 11.3. The van der Waals surface area contributed by atoms with Crippen molar-refractivity contribution in [2.24, 2.45) is 5.84 Å². The monoisotopic (exact) mass is 286 g/mol. The van der Waals surface area contributed by atoms with Crippen molar-refractivity contribution in [2.45, 2.75) is 18.4 Å². The first kappa shape index (κ1) is 14.6. The summed E-state index contributed by atoms with van der Waals surface area (Å²) in [6, 6.07) is 16.1. The zero-order chi connectivity index (χ0) is 14.4. The van der Waals surface area contributed by atoms with Gasteiger partial charge in [0.05, 0.1) is 0 Å². The molecule has 3 nitrogen and oxygen atoms in total. The van der Waals surface area contributed by atoms with Gasteiger partial charge >= 0.3 is 0 Å². The summed E-state index contributed by atoms with van der Waals surface area (Å²) in [7, 11) is 0. The van der Waals surface area contributed by atoms with E-state index in [-0.39, 0.29) is 5.91 Å². The van der Waals surface area contributed by atoms with Gasteiger partial charge in [0.15, 0.2) is 0 Å². The third kappa shape index (κ3) is 4.11. The molecule has 0 unspecified atom stereocenters. The van der Waals surface area contributed by atoms with E-state index in [9.17, 15) is 4.79 Å². The fraction of sp³-hybridized carbons (Fsp3) is 0.188. The van der Waals surface area contributed by atoms with Gasteiger partial charge in [-0.1, -0.05) is 42.0 Å². The van der Waals surface area contributed by atoms with Gasteiger partial charge < -0.3 is 0 Å². The highest BCUT2D eigenvalue weighted by Gasteiger charge is 2.02. The zero-order valence-corrected chi connectivity index (χ0v) is 12.2. The van der Waals surface area contributed by atoms with Crippen molar-refractivity contribution in [2.75, 3.05) is 0 Å². The van der Waals surface area contributed by atoms with E-state index >= 15 is 0 Å². The molecule has 4 heteroatoms. The van der Waals surface area contributed by atoms with Gasteiger partial charge in [-0.15, -0.1) is 0 Å². The van der Waals surface area contributed by atoms with Crippen LogP contribution in [-0.2, 0) is 11.5 Å². The number of hydrogen-bond acceptors (Lipinski definition) is 3. The Bertz CT molecular complexity index is 581. The number of benzene rings is 2. The van der Waals surface area contributed by atoms with E-state index in [1.807, 2.05) is 23.9 Å². The minimum atomic E-state index is -0.260. The van der Waals surface area contributed by atoms with Crippen LogP contribution in [0.25, 0.3) is 0 Å². The zero-order valence-electron chi connectivity index (χ0n) is 11.4. The second kappa shape index (κ2) is 7.12. The summed E-state index contributed by atoms with van der Waals surface area (Å²) < 4.78 is 0. The predicted octanol–water partition coefficient (Wildman–Crippen LogP) is 3.03. The molecule has 0 bridgehead atoms. The third-order valence-corrected chi connectivity index (χ3v) is 4.04. The van der Waals surface area contributed by atoms with Crippen LogP contribution in [0.15, 0.2) is 48.5 Å². The number of thioether (sulfide) groups is 1. The molecular formula is C16H18N2OS. The van der Waals surface area contributed by atoms with E-state index in [0.717, 1.165) is 11.5 Å². The van der Waals surface area contributed by atoms with Crippen LogP contribution in [0.4, 0.5) is 0 Å². The first-order valence-corrected chi connectivity index (χ1v) is 7.57. The Morgan fingerprint density at radius 2 is 1.80 bits per heavy atom. The van der Waals surface area contributed by atoms with E-state index < -0.39 is 0 Å². The molecular weight excluding hydrogens is 268 g/mol. The molecule has 0 aliphatic rings. The van der Waals surface area contributed by atoms with Gasteiger partial charge in [-0.25, -0.2) is 5.84 Å². The molecule has 2 rings (SSSR count). The summed E-state index contributed by atoms with van der Waals surface area (Å²) in [5.74, 6) is 6.76. The van der Waals surface area contributed by atoms with Gasteiger partial charge in [0.2, 0.25) is 0 Å². The van der Waals surface area contributed by atoms with E-state index in [4.69, 9.17) is 5.84 Å². The maximum absolute atomic E-state index is 11.3. The number of nitrogens with two attached hydrogens (primary N) is 1. The Hall–Kier alpha value is -1.78. The van der Waals surface area contributed by atoms with Crippen molar-refractivity contribution in [1.82, 2.24) is 5.43 Å². The highest BCUT2D eigenvalue weighted by atomic mass is 32.2. The Kier molecular flexibility index (Phi) is 5.21. The SMILES string of the molecule is Cc1cccc(CSCc2ccc(C(=O)NN)cc2)c1. The molecule has 2 aromatic rings. The Morgan fingerprint density at radius 1 is 1.10 bits per heavy atom. The molecule has 3 N–H and O–H groups in total. The van der Waals surface area contributed by atoms with Crippen molar-refractivity contribution >= 4 is 17.7 Å². The highest BCUT2D eigenvalue weighted by molar-refractivity contribution is 7.97. The lowest BCUT2D eigenvalue weighted by Gasteiger charge is -2.05. The summed E-state index contributed by atoms with van der Waals surface area (Å²) in [5.41, 5.74) is 6.55. The Morgan fingerprint density at radius 3 is 2.45 bits per heavy atom. The molecule has 0 radical (unpaired) electrons. The van der Waals surface area contributed by atoms with Crippen molar-refractivity contribution < 1.29 is 4.79 Å². The van der Waals surface area contributed by atoms with Crippen LogP contribution in [0.5, 0.6) is 0 Å². The van der Waals surface area contributed by atoms with Crippen LogP contribution in [0.3, 0.4) is 0 Å². The highest BCUT2D eigenvalue weighted by Crippen LogP contribution is 2.18. The third-order valence-electron chi connectivity index (χ3n) is 2.97. The second-order valence-corrected chi connectivity index (χ2v) is 5.64. The number of hydrazine groups is 1. The molecule has 20 heavy (non-hydrogen) atoms. The largest absolute Gasteiger partial charge is 0.290 e. The lowest BCUT2D eigenvalue weighted by Crippen LogP contribution is -2.29. The average molecular weight is 286 g/mol. The second-order valence-electron chi connectivity index (χ2n) is 4.65. The van der Waals surface area contributed by atoms with Crippen molar-refractivity contribution in [1.29, 1.82) is 0 Å². The predicted molar refractivity (Wildman–Crippen MR) is 84.3 cm³/mol. The normalized spacial score (nSPS) is 10.3. The molecule has 104 valence electrons. The lowest BCUT2D eigenvalue weighted by atomic mass is 10.1. The van der Waals surface area contributed by atoms with Gasteiger partial charge in [-0.05, 0) is 30.2 Å². The van der Waals surface area contributed by atoms with Crippen LogP contribution >= 0.6 is 11.8 Å². The molecule has 1 amide bonds. The number of amides is 1. The minimum Gasteiger partial charge on any atom is -0.290 e. The number of nitrogen functional groups attached to an aromatic ring is 1. The van der Waals surface area contributed by atoms with E-state index in [2.05, 4.69) is 36.6 Å². The number of aryl methyl sites for hydroxylation is 1. The van der Waals surface area contributed by atoms with E-state index in [0.29, 0.717) is 5.56 Å². The van der Waals surface area contributed by atoms with Crippen LogP contribution in [0, 0.1) is 6.92 Å². The molecule has 0 aromatic heterocycles. The number of hydrogen-bond donors (Lipinski definition) is 2. The summed E-state index contributed by atoms with van der Waals surface area (Å²) in [5, 5.41) is 0. The number of carbonyl (C=O) groups is 1. The fourth-order valence-electron chi connectivity index (χ4n) is 1.92. The van der Waals surface area contributed by atoms with Gasteiger partial charge in [0, 0.05) is 17.1 Å². The molecule has 0 heterocycles. The van der Waals surface area contributed by atoms with Gasteiger partial charge in [0.25, 0.3) is 5.91 Å². The molecule has 0 atom stereocenters. The standard InChI is InChI=1S/C16H18N2OS/c1-12-3-2-4-14(9-12)11-20-10-13-5-7-15(8-6-13)16(19)18-17/h2-9H,10-11,17H2,1H3,(H,18,19). The molecule has 0 saturated heterocycles. The summed E-state index contributed by atoms with van der Waals surface area (Å²) in [6.07, 6.45) is 0. The van der Waals surface area contributed by atoms with E-state index in [1.54, 1.807) is 12.1 Å². The number of carbonyl (C=O) groups excluding carboxylic acids is 1.